The number of anilines is 1. The predicted octanol–water partition coefficient (Wildman–Crippen LogP) is 3.51. The van der Waals surface area contributed by atoms with Crippen LogP contribution in [0.1, 0.15) is 21.5 Å². The molecule has 0 aliphatic rings. The maximum Gasteiger partial charge on any atom is 0.197 e. The van der Waals surface area contributed by atoms with E-state index < -0.39 is 0 Å². The topological polar surface area (TPSA) is 82.7 Å². The highest BCUT2D eigenvalue weighted by Gasteiger charge is 2.17. The van der Waals surface area contributed by atoms with Crippen LogP contribution in [0.15, 0.2) is 42.6 Å². The van der Waals surface area contributed by atoms with E-state index in [-0.39, 0.29) is 5.78 Å². The largest absolute Gasteiger partial charge is 0.398 e. The van der Waals surface area contributed by atoms with E-state index in [2.05, 4.69) is 11.1 Å². The van der Waals surface area contributed by atoms with Crippen LogP contribution >= 0.6 is 11.6 Å². The van der Waals surface area contributed by atoms with E-state index in [1.54, 1.807) is 42.6 Å². The SMILES string of the molecule is N#Cc1ccc2c(C(=O)c3cc(Cl)ccc3N)c[nH]c2c1. The third kappa shape index (κ3) is 2.24. The van der Waals surface area contributed by atoms with E-state index in [1.165, 1.54) is 0 Å². The van der Waals surface area contributed by atoms with Crippen molar-refractivity contribution in [2.75, 3.05) is 5.73 Å². The van der Waals surface area contributed by atoms with Crippen molar-refractivity contribution in [3.8, 4) is 6.07 Å². The van der Waals surface area contributed by atoms with Gasteiger partial charge < -0.3 is 10.7 Å². The Labute approximate surface area is 125 Å². The molecule has 0 bridgehead atoms. The molecular formula is C16H10ClN3O. The van der Waals surface area contributed by atoms with E-state index in [4.69, 9.17) is 22.6 Å². The van der Waals surface area contributed by atoms with Crippen LogP contribution in [-0.2, 0) is 0 Å². The molecule has 4 nitrogen and oxygen atoms in total. The summed E-state index contributed by atoms with van der Waals surface area (Å²) in [5, 5.41) is 10.1. The van der Waals surface area contributed by atoms with Gasteiger partial charge in [-0.1, -0.05) is 17.7 Å². The minimum atomic E-state index is -0.203. The number of aromatic nitrogens is 1. The molecule has 1 aromatic heterocycles. The highest BCUT2D eigenvalue weighted by atomic mass is 35.5. The lowest BCUT2D eigenvalue weighted by molar-refractivity contribution is 0.104. The molecule has 5 heteroatoms. The van der Waals surface area contributed by atoms with Crippen LogP contribution in [0.3, 0.4) is 0 Å². The predicted molar refractivity (Wildman–Crippen MR) is 82.3 cm³/mol. The molecule has 0 radical (unpaired) electrons. The quantitative estimate of drug-likeness (QED) is 0.560. The summed E-state index contributed by atoms with van der Waals surface area (Å²) >= 11 is 5.93. The summed E-state index contributed by atoms with van der Waals surface area (Å²) in [6.07, 6.45) is 1.62. The average Bonchev–Trinajstić information content (AvgIpc) is 2.91. The van der Waals surface area contributed by atoms with Crippen LogP contribution in [0.4, 0.5) is 5.69 Å². The van der Waals surface area contributed by atoms with Crippen molar-refractivity contribution in [3.63, 3.8) is 0 Å². The van der Waals surface area contributed by atoms with Gasteiger partial charge in [0, 0.05) is 38.9 Å². The monoisotopic (exact) mass is 295 g/mol. The highest BCUT2D eigenvalue weighted by molar-refractivity contribution is 6.31. The molecule has 0 atom stereocenters. The number of aromatic amines is 1. The van der Waals surface area contributed by atoms with Crippen molar-refractivity contribution in [1.29, 1.82) is 5.26 Å². The Balaban J connectivity index is 2.14. The van der Waals surface area contributed by atoms with Gasteiger partial charge in [0.2, 0.25) is 0 Å². The Bertz CT molecular complexity index is 906. The molecule has 3 rings (SSSR count). The number of benzene rings is 2. The van der Waals surface area contributed by atoms with Gasteiger partial charge in [-0.3, -0.25) is 4.79 Å². The minimum absolute atomic E-state index is 0.203. The Morgan fingerprint density at radius 3 is 2.76 bits per heavy atom. The zero-order chi connectivity index (χ0) is 15.0. The Kier molecular flexibility index (Phi) is 3.13. The van der Waals surface area contributed by atoms with Crippen LogP contribution in [0, 0.1) is 11.3 Å². The van der Waals surface area contributed by atoms with Crippen LogP contribution in [-0.4, -0.2) is 10.8 Å². The molecule has 102 valence electrons. The molecule has 0 saturated heterocycles. The molecule has 21 heavy (non-hydrogen) atoms. The fourth-order valence-electron chi connectivity index (χ4n) is 2.25. The van der Waals surface area contributed by atoms with Gasteiger partial charge >= 0.3 is 0 Å². The number of fused-ring (bicyclic) bond motifs is 1. The molecule has 0 amide bonds. The number of rotatable bonds is 2. The summed E-state index contributed by atoms with van der Waals surface area (Å²) in [5.41, 5.74) is 8.37. The number of hydrogen-bond donors (Lipinski definition) is 2. The summed E-state index contributed by atoms with van der Waals surface area (Å²) < 4.78 is 0. The number of halogens is 1. The van der Waals surface area contributed by atoms with Gasteiger partial charge in [0.25, 0.3) is 0 Å². The second kappa shape index (κ2) is 4.97. The summed E-state index contributed by atoms with van der Waals surface area (Å²) in [4.78, 5) is 15.6. The third-order valence-corrected chi connectivity index (χ3v) is 3.55. The fraction of sp³-hybridized carbons (Fsp3) is 0. The number of nitrogens with one attached hydrogen (secondary N) is 1. The second-order valence-electron chi connectivity index (χ2n) is 4.64. The van der Waals surface area contributed by atoms with Gasteiger partial charge in [-0.25, -0.2) is 0 Å². The lowest BCUT2D eigenvalue weighted by Gasteiger charge is -2.04. The molecule has 0 spiro atoms. The molecule has 3 N–H and O–H groups in total. The van der Waals surface area contributed by atoms with Crippen molar-refractivity contribution in [2.45, 2.75) is 0 Å². The summed E-state index contributed by atoms with van der Waals surface area (Å²) in [6, 6.07) is 12.0. The van der Waals surface area contributed by atoms with Crippen LogP contribution in [0.2, 0.25) is 5.02 Å². The molecule has 0 unspecified atom stereocenters. The van der Waals surface area contributed by atoms with Crippen molar-refractivity contribution in [3.05, 3.63) is 64.3 Å². The number of nitriles is 1. The number of carbonyl (C=O) groups is 1. The first-order chi connectivity index (χ1) is 10.1. The van der Waals surface area contributed by atoms with Gasteiger partial charge in [0.1, 0.15) is 0 Å². The zero-order valence-electron chi connectivity index (χ0n) is 10.9. The van der Waals surface area contributed by atoms with E-state index in [1.807, 2.05) is 0 Å². The number of ketones is 1. The first-order valence-electron chi connectivity index (χ1n) is 6.21. The maximum atomic E-state index is 12.6. The molecule has 3 aromatic rings. The number of carbonyl (C=O) groups excluding carboxylic acids is 1. The first-order valence-corrected chi connectivity index (χ1v) is 6.59. The van der Waals surface area contributed by atoms with E-state index in [0.29, 0.717) is 27.4 Å². The smallest absolute Gasteiger partial charge is 0.197 e. The second-order valence-corrected chi connectivity index (χ2v) is 5.07. The van der Waals surface area contributed by atoms with Gasteiger partial charge in [-0.15, -0.1) is 0 Å². The zero-order valence-corrected chi connectivity index (χ0v) is 11.6. The van der Waals surface area contributed by atoms with Crippen LogP contribution < -0.4 is 5.73 Å². The van der Waals surface area contributed by atoms with Gasteiger partial charge in [0.05, 0.1) is 11.6 Å². The Morgan fingerprint density at radius 2 is 2.00 bits per heavy atom. The van der Waals surface area contributed by atoms with Gasteiger partial charge in [-0.05, 0) is 30.3 Å². The number of nitrogens with zero attached hydrogens (tertiary/aromatic N) is 1. The average molecular weight is 296 g/mol. The Hall–Kier alpha value is -2.77. The van der Waals surface area contributed by atoms with Crippen molar-refractivity contribution < 1.29 is 4.79 Å². The van der Waals surface area contributed by atoms with E-state index >= 15 is 0 Å². The van der Waals surface area contributed by atoms with Crippen molar-refractivity contribution in [1.82, 2.24) is 4.98 Å². The van der Waals surface area contributed by atoms with Crippen LogP contribution in [0.5, 0.6) is 0 Å². The summed E-state index contributed by atoms with van der Waals surface area (Å²) in [7, 11) is 0. The van der Waals surface area contributed by atoms with E-state index in [0.717, 1.165) is 10.9 Å². The number of nitrogen functional groups attached to an aromatic ring is 1. The number of H-pyrrole nitrogens is 1. The number of hydrogen-bond acceptors (Lipinski definition) is 3. The molecule has 0 fully saturated rings. The minimum Gasteiger partial charge on any atom is -0.398 e. The lowest BCUT2D eigenvalue weighted by atomic mass is 10.0. The van der Waals surface area contributed by atoms with Crippen molar-refractivity contribution >= 4 is 34.0 Å². The van der Waals surface area contributed by atoms with Crippen molar-refractivity contribution in [2.24, 2.45) is 0 Å². The lowest BCUT2D eigenvalue weighted by Crippen LogP contribution is -2.04. The molecule has 0 aliphatic carbocycles. The summed E-state index contributed by atoms with van der Waals surface area (Å²) in [5.74, 6) is -0.203. The van der Waals surface area contributed by atoms with E-state index in [9.17, 15) is 4.79 Å². The fourth-order valence-corrected chi connectivity index (χ4v) is 2.43. The maximum absolute atomic E-state index is 12.6. The molecule has 1 heterocycles. The highest BCUT2D eigenvalue weighted by Crippen LogP contribution is 2.26. The van der Waals surface area contributed by atoms with Gasteiger partial charge in [-0.2, -0.15) is 5.26 Å². The molecular weight excluding hydrogens is 286 g/mol. The molecule has 0 saturated carbocycles. The first kappa shape index (κ1) is 13.2. The standard InChI is InChI=1S/C16H10ClN3O/c17-10-2-4-14(19)12(6-10)16(21)13-8-20-15-5-9(7-18)1-3-11(13)15/h1-6,8,20H,19H2. The van der Waals surface area contributed by atoms with Gasteiger partial charge in [0.15, 0.2) is 5.78 Å². The third-order valence-electron chi connectivity index (χ3n) is 3.32. The number of nitrogens with two attached hydrogens (primary N) is 1. The van der Waals surface area contributed by atoms with Crippen LogP contribution in [0.25, 0.3) is 10.9 Å². The molecule has 2 aromatic carbocycles. The Morgan fingerprint density at radius 1 is 1.19 bits per heavy atom. The molecule has 0 aliphatic heterocycles. The normalized spacial score (nSPS) is 10.5. The summed E-state index contributed by atoms with van der Waals surface area (Å²) in [6.45, 7) is 0.